The van der Waals surface area contributed by atoms with Crippen LogP contribution in [0.4, 0.5) is 0 Å². The molecule has 5 nitrogen and oxygen atoms in total. The standard InChI is InChI=1S/C24H21N3O2/c1-17-6-5-9-21(16-17)24-27-26-23(29-24)20-12-10-19(11-13-20)22(28)25-15-14-18-7-3-2-4-8-18/h2-13,16H,14-15H2,1H3,(H,25,28). The Morgan fingerprint density at radius 2 is 1.59 bits per heavy atom. The number of nitrogens with one attached hydrogen (secondary N) is 1. The van der Waals surface area contributed by atoms with Crippen LogP contribution >= 0.6 is 0 Å². The smallest absolute Gasteiger partial charge is 0.251 e. The van der Waals surface area contributed by atoms with Crippen LogP contribution in [0.2, 0.25) is 0 Å². The Labute approximate surface area is 169 Å². The van der Waals surface area contributed by atoms with E-state index in [2.05, 4.69) is 27.6 Å². The van der Waals surface area contributed by atoms with Crippen molar-refractivity contribution in [2.75, 3.05) is 6.54 Å². The highest BCUT2D eigenvalue weighted by Gasteiger charge is 2.12. The van der Waals surface area contributed by atoms with E-state index in [0.717, 1.165) is 23.1 Å². The minimum absolute atomic E-state index is 0.0986. The summed E-state index contributed by atoms with van der Waals surface area (Å²) in [7, 11) is 0. The molecule has 0 unspecified atom stereocenters. The van der Waals surface area contributed by atoms with E-state index in [9.17, 15) is 4.79 Å². The molecule has 0 atom stereocenters. The number of aromatic nitrogens is 2. The molecule has 4 rings (SSSR count). The highest BCUT2D eigenvalue weighted by Crippen LogP contribution is 2.24. The van der Waals surface area contributed by atoms with Crippen LogP contribution in [0.5, 0.6) is 0 Å². The summed E-state index contributed by atoms with van der Waals surface area (Å²) in [5.41, 5.74) is 4.59. The third kappa shape index (κ3) is 4.58. The van der Waals surface area contributed by atoms with Gasteiger partial charge in [-0.1, -0.05) is 48.0 Å². The van der Waals surface area contributed by atoms with E-state index in [0.29, 0.717) is 23.9 Å². The maximum Gasteiger partial charge on any atom is 0.251 e. The van der Waals surface area contributed by atoms with Crippen LogP contribution in [-0.2, 0) is 6.42 Å². The number of hydrogen-bond donors (Lipinski definition) is 1. The van der Waals surface area contributed by atoms with Crippen molar-refractivity contribution in [3.63, 3.8) is 0 Å². The summed E-state index contributed by atoms with van der Waals surface area (Å²) in [5, 5.41) is 11.2. The fourth-order valence-electron chi connectivity index (χ4n) is 3.07. The van der Waals surface area contributed by atoms with E-state index in [4.69, 9.17) is 4.42 Å². The predicted molar refractivity (Wildman–Crippen MR) is 112 cm³/mol. The van der Waals surface area contributed by atoms with Gasteiger partial charge in [-0.2, -0.15) is 0 Å². The molecule has 5 heteroatoms. The lowest BCUT2D eigenvalue weighted by molar-refractivity contribution is 0.0954. The fourth-order valence-corrected chi connectivity index (χ4v) is 3.07. The van der Waals surface area contributed by atoms with Crippen LogP contribution in [0.15, 0.2) is 83.3 Å². The molecule has 0 radical (unpaired) electrons. The number of amides is 1. The van der Waals surface area contributed by atoms with Crippen molar-refractivity contribution in [1.29, 1.82) is 0 Å². The highest BCUT2D eigenvalue weighted by molar-refractivity contribution is 5.94. The molecule has 0 saturated carbocycles. The molecule has 144 valence electrons. The van der Waals surface area contributed by atoms with Crippen LogP contribution in [0.25, 0.3) is 22.9 Å². The summed E-state index contributed by atoms with van der Waals surface area (Å²) in [5.74, 6) is 0.808. The van der Waals surface area contributed by atoms with E-state index < -0.39 is 0 Å². The molecule has 0 aliphatic carbocycles. The van der Waals surface area contributed by atoms with Gasteiger partial charge >= 0.3 is 0 Å². The SMILES string of the molecule is Cc1cccc(-c2nnc(-c3ccc(C(=O)NCCc4ccccc4)cc3)o2)c1. The average Bonchev–Trinajstić information content (AvgIpc) is 3.25. The lowest BCUT2D eigenvalue weighted by atomic mass is 10.1. The molecule has 1 heterocycles. The number of carbonyl (C=O) groups is 1. The minimum atomic E-state index is -0.0986. The van der Waals surface area contributed by atoms with Gasteiger partial charge in [0.05, 0.1) is 0 Å². The van der Waals surface area contributed by atoms with Gasteiger partial charge in [-0.15, -0.1) is 10.2 Å². The van der Waals surface area contributed by atoms with Gasteiger partial charge in [-0.3, -0.25) is 4.79 Å². The summed E-state index contributed by atoms with van der Waals surface area (Å²) >= 11 is 0. The molecule has 4 aromatic rings. The summed E-state index contributed by atoms with van der Waals surface area (Å²) in [4.78, 5) is 12.3. The molecule has 0 bridgehead atoms. The molecule has 0 aliphatic rings. The van der Waals surface area contributed by atoms with Crippen molar-refractivity contribution in [3.05, 3.63) is 95.6 Å². The molecule has 29 heavy (non-hydrogen) atoms. The first-order valence-electron chi connectivity index (χ1n) is 9.52. The third-order valence-electron chi connectivity index (χ3n) is 4.63. The zero-order chi connectivity index (χ0) is 20.1. The Morgan fingerprint density at radius 1 is 0.862 bits per heavy atom. The molecule has 1 N–H and O–H groups in total. The van der Waals surface area contributed by atoms with E-state index >= 15 is 0 Å². The largest absolute Gasteiger partial charge is 0.416 e. The van der Waals surface area contributed by atoms with Gasteiger partial charge in [-0.05, 0) is 55.3 Å². The van der Waals surface area contributed by atoms with E-state index in [1.807, 2.05) is 61.5 Å². The van der Waals surface area contributed by atoms with Crippen LogP contribution in [0, 0.1) is 6.92 Å². The first-order chi connectivity index (χ1) is 14.2. The van der Waals surface area contributed by atoms with Crippen molar-refractivity contribution in [2.45, 2.75) is 13.3 Å². The average molecular weight is 383 g/mol. The Bertz CT molecular complexity index is 1100. The Hall–Kier alpha value is -3.73. The summed E-state index contributed by atoms with van der Waals surface area (Å²) < 4.78 is 5.80. The first-order valence-corrected chi connectivity index (χ1v) is 9.52. The van der Waals surface area contributed by atoms with E-state index in [1.54, 1.807) is 12.1 Å². The Morgan fingerprint density at radius 3 is 2.31 bits per heavy atom. The summed E-state index contributed by atoms with van der Waals surface area (Å²) in [6.07, 6.45) is 0.800. The maximum absolute atomic E-state index is 12.3. The van der Waals surface area contributed by atoms with Crippen LogP contribution in [0.1, 0.15) is 21.5 Å². The zero-order valence-corrected chi connectivity index (χ0v) is 16.1. The van der Waals surface area contributed by atoms with Crippen molar-refractivity contribution in [1.82, 2.24) is 15.5 Å². The first kappa shape index (κ1) is 18.6. The highest BCUT2D eigenvalue weighted by atomic mass is 16.4. The van der Waals surface area contributed by atoms with Crippen molar-refractivity contribution >= 4 is 5.91 Å². The lowest BCUT2D eigenvalue weighted by Crippen LogP contribution is -2.25. The molecule has 0 fully saturated rings. The summed E-state index contributed by atoms with van der Waals surface area (Å²) in [6.45, 7) is 2.61. The Kier molecular flexibility index (Phi) is 5.47. The van der Waals surface area contributed by atoms with E-state index in [-0.39, 0.29) is 5.91 Å². The molecule has 1 aromatic heterocycles. The predicted octanol–water partition coefficient (Wildman–Crippen LogP) is 4.68. The summed E-state index contributed by atoms with van der Waals surface area (Å²) in [6, 6.07) is 25.2. The number of hydrogen-bond acceptors (Lipinski definition) is 4. The molecular weight excluding hydrogens is 362 g/mol. The minimum Gasteiger partial charge on any atom is -0.416 e. The molecule has 0 spiro atoms. The van der Waals surface area contributed by atoms with Crippen LogP contribution in [-0.4, -0.2) is 22.6 Å². The quantitative estimate of drug-likeness (QED) is 0.525. The van der Waals surface area contributed by atoms with Gasteiger partial charge in [0, 0.05) is 23.2 Å². The molecule has 1 amide bonds. The second-order valence-corrected chi connectivity index (χ2v) is 6.85. The van der Waals surface area contributed by atoms with Gasteiger partial charge in [0.25, 0.3) is 5.91 Å². The Balaban J connectivity index is 1.39. The topological polar surface area (TPSA) is 68.0 Å². The van der Waals surface area contributed by atoms with Gasteiger partial charge in [-0.25, -0.2) is 0 Å². The third-order valence-corrected chi connectivity index (χ3v) is 4.63. The number of carbonyl (C=O) groups excluding carboxylic acids is 1. The maximum atomic E-state index is 12.3. The monoisotopic (exact) mass is 383 g/mol. The van der Waals surface area contributed by atoms with Crippen molar-refractivity contribution in [3.8, 4) is 22.9 Å². The number of benzene rings is 3. The van der Waals surface area contributed by atoms with Gasteiger partial charge in [0.15, 0.2) is 0 Å². The fraction of sp³-hybridized carbons (Fsp3) is 0.125. The second kappa shape index (κ2) is 8.52. The van der Waals surface area contributed by atoms with Crippen molar-refractivity contribution < 1.29 is 9.21 Å². The van der Waals surface area contributed by atoms with Gasteiger partial charge < -0.3 is 9.73 Å². The zero-order valence-electron chi connectivity index (χ0n) is 16.1. The number of aryl methyl sites for hydroxylation is 1. The number of nitrogens with zero attached hydrogens (tertiary/aromatic N) is 2. The van der Waals surface area contributed by atoms with Gasteiger partial charge in [0.2, 0.25) is 11.8 Å². The second-order valence-electron chi connectivity index (χ2n) is 6.85. The molecular formula is C24H21N3O2. The van der Waals surface area contributed by atoms with Crippen LogP contribution in [0.3, 0.4) is 0 Å². The molecule has 3 aromatic carbocycles. The van der Waals surface area contributed by atoms with Crippen LogP contribution < -0.4 is 5.32 Å². The number of rotatable bonds is 6. The van der Waals surface area contributed by atoms with Gasteiger partial charge in [0.1, 0.15) is 0 Å². The lowest BCUT2D eigenvalue weighted by Gasteiger charge is -2.06. The molecule has 0 aliphatic heterocycles. The van der Waals surface area contributed by atoms with Crippen molar-refractivity contribution in [2.24, 2.45) is 0 Å². The normalized spacial score (nSPS) is 10.7. The van der Waals surface area contributed by atoms with E-state index in [1.165, 1.54) is 5.56 Å². The molecule has 0 saturated heterocycles.